The van der Waals surface area contributed by atoms with Crippen molar-refractivity contribution in [3.05, 3.63) is 65.7 Å². The first-order valence-corrected chi connectivity index (χ1v) is 8.86. The minimum absolute atomic E-state index is 0.0184. The zero-order valence-electron chi connectivity index (χ0n) is 15.9. The van der Waals surface area contributed by atoms with E-state index in [2.05, 4.69) is 31.3 Å². The van der Waals surface area contributed by atoms with Crippen LogP contribution in [0.4, 0.5) is 0 Å². The van der Waals surface area contributed by atoms with Crippen molar-refractivity contribution >= 4 is 11.7 Å². The number of hydrogen-bond acceptors (Lipinski definition) is 3. The van der Waals surface area contributed by atoms with Gasteiger partial charge in [0.15, 0.2) is 12.4 Å². The second kappa shape index (κ2) is 8.65. The Kier molecular flexibility index (Phi) is 6.56. The van der Waals surface area contributed by atoms with Gasteiger partial charge < -0.3 is 10.1 Å². The van der Waals surface area contributed by atoms with E-state index >= 15 is 0 Å². The van der Waals surface area contributed by atoms with Crippen molar-refractivity contribution < 1.29 is 14.3 Å². The summed E-state index contributed by atoms with van der Waals surface area (Å²) in [5.74, 6) is 0.316. The first-order chi connectivity index (χ1) is 12.3. The van der Waals surface area contributed by atoms with Crippen LogP contribution in [0, 0.1) is 0 Å². The number of amides is 1. The Labute approximate surface area is 155 Å². The average molecular weight is 353 g/mol. The molecule has 2 rings (SSSR count). The Morgan fingerprint density at radius 1 is 1.08 bits per heavy atom. The molecule has 0 aliphatic carbocycles. The minimum atomic E-state index is -0.172. The minimum Gasteiger partial charge on any atom is -0.484 e. The Hall–Kier alpha value is -2.62. The first kappa shape index (κ1) is 19.7. The topological polar surface area (TPSA) is 55.4 Å². The molecule has 0 bridgehead atoms. The number of Topliss-reactive ketones (excluding diaryl/α,β-unsaturated/α-hetero) is 1. The van der Waals surface area contributed by atoms with Gasteiger partial charge in [0, 0.05) is 11.6 Å². The molecule has 0 aliphatic heterocycles. The molecular formula is C22H27NO3. The van der Waals surface area contributed by atoms with Gasteiger partial charge in [-0.05, 0) is 43.4 Å². The molecule has 0 saturated carbocycles. The number of carbonyl (C=O) groups is 2. The fraction of sp³-hybridized carbons (Fsp3) is 0.364. The zero-order valence-corrected chi connectivity index (χ0v) is 15.9. The highest BCUT2D eigenvalue weighted by Gasteiger charge is 2.24. The second-order valence-corrected chi connectivity index (χ2v) is 7.30. The summed E-state index contributed by atoms with van der Waals surface area (Å²) in [6.45, 7) is 7.78. The monoisotopic (exact) mass is 353 g/mol. The van der Waals surface area contributed by atoms with Gasteiger partial charge >= 0.3 is 0 Å². The third kappa shape index (κ3) is 5.73. The molecular weight excluding hydrogens is 326 g/mol. The van der Waals surface area contributed by atoms with Gasteiger partial charge in [-0.3, -0.25) is 9.59 Å². The maximum atomic E-state index is 12.2. The van der Waals surface area contributed by atoms with E-state index in [-0.39, 0.29) is 29.8 Å². The van der Waals surface area contributed by atoms with Gasteiger partial charge in [0.1, 0.15) is 5.75 Å². The summed E-state index contributed by atoms with van der Waals surface area (Å²) in [5, 5.41) is 2.98. The highest BCUT2D eigenvalue weighted by molar-refractivity contribution is 5.94. The van der Waals surface area contributed by atoms with Crippen LogP contribution in [0.1, 0.15) is 50.0 Å². The number of hydrogen-bond donors (Lipinski definition) is 1. The summed E-state index contributed by atoms with van der Waals surface area (Å²) in [4.78, 5) is 23.6. The molecule has 1 amide bonds. The molecule has 2 aromatic carbocycles. The highest BCUT2D eigenvalue weighted by Crippen LogP contribution is 2.28. The molecule has 4 heteroatoms. The molecule has 0 heterocycles. The summed E-state index contributed by atoms with van der Waals surface area (Å²) in [6, 6.07) is 17.2. The van der Waals surface area contributed by atoms with Gasteiger partial charge in [-0.1, -0.05) is 56.3 Å². The van der Waals surface area contributed by atoms with E-state index < -0.39 is 0 Å². The lowest BCUT2D eigenvalue weighted by Gasteiger charge is -2.29. The van der Waals surface area contributed by atoms with Gasteiger partial charge in [0.2, 0.25) is 0 Å². The van der Waals surface area contributed by atoms with E-state index in [0.29, 0.717) is 11.3 Å². The lowest BCUT2D eigenvalue weighted by Crippen LogP contribution is -2.39. The number of ether oxygens (including phenoxy) is 1. The number of ketones is 1. The molecule has 1 unspecified atom stereocenters. The van der Waals surface area contributed by atoms with E-state index in [0.717, 1.165) is 6.42 Å². The number of rotatable bonds is 8. The number of carbonyl (C=O) groups excluding carboxylic acids is 2. The van der Waals surface area contributed by atoms with Crippen LogP contribution in [0.3, 0.4) is 0 Å². The molecule has 0 spiro atoms. The van der Waals surface area contributed by atoms with Gasteiger partial charge in [0.05, 0.1) is 0 Å². The zero-order chi connectivity index (χ0) is 19.2. The summed E-state index contributed by atoms with van der Waals surface area (Å²) in [7, 11) is 0. The van der Waals surface area contributed by atoms with Crippen LogP contribution < -0.4 is 10.1 Å². The molecule has 0 radical (unpaired) electrons. The molecule has 2 aromatic rings. The maximum Gasteiger partial charge on any atom is 0.258 e. The Balaban J connectivity index is 1.85. The van der Waals surface area contributed by atoms with Crippen LogP contribution in [0.25, 0.3) is 0 Å². The molecule has 0 saturated heterocycles. The normalized spacial score (nSPS) is 12.3. The van der Waals surface area contributed by atoms with Gasteiger partial charge in [-0.25, -0.2) is 0 Å². The molecule has 0 aromatic heterocycles. The van der Waals surface area contributed by atoms with Crippen molar-refractivity contribution in [2.45, 2.75) is 45.6 Å². The smallest absolute Gasteiger partial charge is 0.258 e. The van der Waals surface area contributed by atoms with Gasteiger partial charge in [-0.15, -0.1) is 0 Å². The highest BCUT2D eigenvalue weighted by atomic mass is 16.5. The summed E-state index contributed by atoms with van der Waals surface area (Å²) in [5.41, 5.74) is 1.78. The van der Waals surface area contributed by atoms with Crippen molar-refractivity contribution in [1.29, 1.82) is 0 Å². The molecule has 0 fully saturated rings. The lowest BCUT2D eigenvalue weighted by atomic mass is 9.79. The van der Waals surface area contributed by atoms with E-state index in [1.54, 1.807) is 24.3 Å². The van der Waals surface area contributed by atoms with Crippen LogP contribution in [0.15, 0.2) is 54.6 Å². The third-order valence-electron chi connectivity index (χ3n) is 4.39. The fourth-order valence-electron chi connectivity index (χ4n) is 3.09. The van der Waals surface area contributed by atoms with E-state index in [1.807, 2.05) is 25.1 Å². The predicted octanol–water partition coefficient (Wildman–Crippen LogP) is 4.14. The van der Waals surface area contributed by atoms with E-state index in [4.69, 9.17) is 4.74 Å². The van der Waals surface area contributed by atoms with Crippen molar-refractivity contribution in [1.82, 2.24) is 5.32 Å². The Morgan fingerprint density at radius 3 is 2.42 bits per heavy atom. The first-order valence-electron chi connectivity index (χ1n) is 8.86. The summed E-state index contributed by atoms with van der Waals surface area (Å²) in [6.07, 6.45) is 0.822. The second-order valence-electron chi connectivity index (χ2n) is 7.30. The number of benzene rings is 2. The van der Waals surface area contributed by atoms with Crippen LogP contribution in [-0.4, -0.2) is 24.3 Å². The van der Waals surface area contributed by atoms with Crippen LogP contribution in [0.5, 0.6) is 5.75 Å². The van der Waals surface area contributed by atoms with Crippen molar-refractivity contribution in [2.75, 3.05) is 6.61 Å². The van der Waals surface area contributed by atoms with E-state index in [1.165, 1.54) is 12.5 Å². The number of nitrogens with one attached hydrogen (secondary N) is 1. The van der Waals surface area contributed by atoms with E-state index in [9.17, 15) is 9.59 Å². The SMILES string of the molecule is CC(=O)c1cccc(OCC(=O)NC(C)CC(C)(C)c2ccccc2)c1. The molecule has 0 aliphatic rings. The fourth-order valence-corrected chi connectivity index (χ4v) is 3.09. The average Bonchev–Trinajstić information content (AvgIpc) is 2.60. The van der Waals surface area contributed by atoms with Crippen LogP contribution in [-0.2, 0) is 10.2 Å². The molecule has 1 N–H and O–H groups in total. The maximum absolute atomic E-state index is 12.2. The van der Waals surface area contributed by atoms with Crippen molar-refractivity contribution in [3.63, 3.8) is 0 Å². The van der Waals surface area contributed by atoms with Crippen LogP contribution >= 0.6 is 0 Å². The largest absolute Gasteiger partial charge is 0.484 e. The summed E-state index contributed by atoms with van der Waals surface area (Å²) >= 11 is 0. The van der Waals surface area contributed by atoms with Gasteiger partial charge in [-0.2, -0.15) is 0 Å². The lowest BCUT2D eigenvalue weighted by molar-refractivity contribution is -0.123. The van der Waals surface area contributed by atoms with Crippen molar-refractivity contribution in [3.8, 4) is 5.75 Å². The van der Waals surface area contributed by atoms with Gasteiger partial charge in [0.25, 0.3) is 5.91 Å². The molecule has 138 valence electrons. The quantitative estimate of drug-likeness (QED) is 0.726. The summed E-state index contributed by atoms with van der Waals surface area (Å²) < 4.78 is 5.51. The molecule has 1 atom stereocenters. The third-order valence-corrected chi connectivity index (χ3v) is 4.39. The molecule has 4 nitrogen and oxygen atoms in total. The predicted molar refractivity (Wildman–Crippen MR) is 104 cm³/mol. The Morgan fingerprint density at radius 2 is 1.77 bits per heavy atom. The van der Waals surface area contributed by atoms with Crippen molar-refractivity contribution in [2.24, 2.45) is 0 Å². The van der Waals surface area contributed by atoms with Crippen LogP contribution in [0.2, 0.25) is 0 Å². The molecule has 26 heavy (non-hydrogen) atoms. The Bertz CT molecular complexity index is 753. The standard InChI is InChI=1S/C22H27NO3/c1-16(14-22(3,4)19-10-6-5-7-11-19)23-21(25)15-26-20-12-8-9-18(13-20)17(2)24/h5-13,16H,14-15H2,1-4H3,(H,23,25).